The first-order chi connectivity index (χ1) is 15.8. The van der Waals surface area contributed by atoms with Crippen molar-refractivity contribution in [2.45, 2.75) is 103 Å². The number of likely N-dealkylation sites (tertiary alicyclic amines) is 1. The standard InChI is InChI=1S/C25H42ClN3O4S/c1-24(2,3)33-23(30)29-16-14-21(18-29)32-17-8-7-11-20(28-34(31)25(4,5)6)13-12-19-10-9-15-27-22(19)26/h9-10,15,20-21,28H,7-8,11-14,16-18H2,1-6H3/t20?,21-,34+/m1/s1. The van der Waals surface area contributed by atoms with Crippen LogP contribution in [0.1, 0.15) is 79.2 Å². The van der Waals surface area contributed by atoms with Gasteiger partial charge in [-0.2, -0.15) is 0 Å². The number of nitrogens with zero attached hydrogens (tertiary/aromatic N) is 2. The lowest BCUT2D eigenvalue weighted by atomic mass is 10.0. The number of halogens is 1. The lowest BCUT2D eigenvalue weighted by molar-refractivity contribution is 0.0206. The van der Waals surface area contributed by atoms with Crippen molar-refractivity contribution in [3.63, 3.8) is 0 Å². The number of aromatic nitrogens is 1. The molecule has 1 aromatic heterocycles. The molecule has 0 aromatic carbocycles. The molecule has 0 saturated carbocycles. The second-order valence-electron chi connectivity index (χ2n) is 10.9. The predicted octanol–water partition coefficient (Wildman–Crippen LogP) is 5.28. The van der Waals surface area contributed by atoms with Gasteiger partial charge in [0.25, 0.3) is 0 Å². The maximum atomic E-state index is 12.7. The van der Waals surface area contributed by atoms with Crippen molar-refractivity contribution in [3.05, 3.63) is 29.0 Å². The minimum atomic E-state index is -1.14. The minimum Gasteiger partial charge on any atom is -0.444 e. The van der Waals surface area contributed by atoms with E-state index in [4.69, 9.17) is 21.1 Å². The molecule has 7 nitrogen and oxygen atoms in total. The Morgan fingerprint density at radius 2 is 2.00 bits per heavy atom. The first-order valence-electron chi connectivity index (χ1n) is 12.2. The van der Waals surface area contributed by atoms with Crippen LogP contribution in [0.25, 0.3) is 0 Å². The van der Waals surface area contributed by atoms with Crippen LogP contribution in [0.15, 0.2) is 18.3 Å². The third-order valence-corrected chi connectivity index (χ3v) is 7.53. The molecule has 1 amide bonds. The summed E-state index contributed by atoms with van der Waals surface area (Å²) < 4.78 is 27.1. The number of pyridine rings is 1. The van der Waals surface area contributed by atoms with Crippen LogP contribution in [0.4, 0.5) is 4.79 Å². The summed E-state index contributed by atoms with van der Waals surface area (Å²) in [7, 11) is -1.14. The highest BCUT2D eigenvalue weighted by Gasteiger charge is 2.30. The summed E-state index contributed by atoms with van der Waals surface area (Å²) in [5.74, 6) is 0. The Bertz CT molecular complexity index is 810. The van der Waals surface area contributed by atoms with Crippen molar-refractivity contribution in [1.82, 2.24) is 14.6 Å². The second kappa shape index (κ2) is 13.2. The minimum absolute atomic E-state index is 0.0579. The van der Waals surface area contributed by atoms with E-state index in [0.29, 0.717) is 24.8 Å². The van der Waals surface area contributed by atoms with Crippen LogP contribution in [-0.2, 0) is 26.9 Å². The van der Waals surface area contributed by atoms with Crippen LogP contribution >= 0.6 is 11.6 Å². The van der Waals surface area contributed by atoms with Gasteiger partial charge in [-0.15, -0.1) is 0 Å². The molecule has 0 bridgehead atoms. The van der Waals surface area contributed by atoms with Gasteiger partial charge >= 0.3 is 6.09 Å². The van der Waals surface area contributed by atoms with Crippen LogP contribution < -0.4 is 4.72 Å². The van der Waals surface area contributed by atoms with E-state index < -0.39 is 16.6 Å². The van der Waals surface area contributed by atoms with Crippen LogP contribution in [0.3, 0.4) is 0 Å². The van der Waals surface area contributed by atoms with Crippen molar-refractivity contribution in [2.75, 3.05) is 19.7 Å². The normalized spacial score (nSPS) is 18.7. The van der Waals surface area contributed by atoms with Crippen LogP contribution in [0, 0.1) is 0 Å². The number of amides is 1. The molecule has 0 spiro atoms. The molecule has 1 N–H and O–H groups in total. The third kappa shape index (κ3) is 10.6. The average Bonchev–Trinajstić information content (AvgIpc) is 3.19. The highest BCUT2D eigenvalue weighted by Crippen LogP contribution is 2.20. The van der Waals surface area contributed by atoms with E-state index in [9.17, 15) is 9.00 Å². The van der Waals surface area contributed by atoms with Gasteiger partial charge in [0.2, 0.25) is 0 Å². The molecule has 0 aliphatic carbocycles. The largest absolute Gasteiger partial charge is 0.444 e. The molecule has 3 atom stereocenters. The first kappa shape index (κ1) is 29.0. The van der Waals surface area contributed by atoms with E-state index in [1.54, 1.807) is 11.1 Å². The van der Waals surface area contributed by atoms with Crippen molar-refractivity contribution in [1.29, 1.82) is 0 Å². The number of nitrogens with one attached hydrogen (secondary N) is 1. The molecule has 9 heteroatoms. The molecule has 0 radical (unpaired) electrons. The summed E-state index contributed by atoms with van der Waals surface area (Å²) in [6, 6.07) is 4.00. The summed E-state index contributed by atoms with van der Waals surface area (Å²) in [4.78, 5) is 18.1. The summed E-state index contributed by atoms with van der Waals surface area (Å²) in [5.41, 5.74) is 0.524. The van der Waals surface area contributed by atoms with Crippen LogP contribution in [0.2, 0.25) is 5.15 Å². The molecule has 1 aromatic rings. The molecule has 1 saturated heterocycles. The van der Waals surface area contributed by atoms with Crippen molar-refractivity contribution in [3.8, 4) is 0 Å². The fourth-order valence-corrected chi connectivity index (χ4v) is 4.73. The van der Waals surface area contributed by atoms with Crippen molar-refractivity contribution >= 4 is 28.7 Å². The van der Waals surface area contributed by atoms with Gasteiger partial charge in [0.05, 0.1) is 28.4 Å². The fourth-order valence-electron chi connectivity index (χ4n) is 3.63. The number of carbonyl (C=O) groups excluding carboxylic acids is 1. The van der Waals surface area contributed by atoms with Crippen LogP contribution in [-0.4, -0.2) is 62.4 Å². The zero-order chi connectivity index (χ0) is 25.4. The molecule has 2 rings (SSSR count). The second-order valence-corrected chi connectivity index (χ2v) is 13.2. The zero-order valence-electron chi connectivity index (χ0n) is 21.6. The Kier molecular flexibility index (Phi) is 11.3. The van der Waals surface area contributed by atoms with Gasteiger partial charge in [-0.25, -0.2) is 18.7 Å². The molecule has 2 heterocycles. The van der Waals surface area contributed by atoms with Gasteiger partial charge in [0.1, 0.15) is 10.8 Å². The van der Waals surface area contributed by atoms with Gasteiger partial charge in [0, 0.05) is 25.4 Å². The maximum Gasteiger partial charge on any atom is 0.410 e. The van der Waals surface area contributed by atoms with E-state index in [-0.39, 0.29) is 23.0 Å². The highest BCUT2D eigenvalue weighted by atomic mass is 35.5. The third-order valence-electron chi connectivity index (χ3n) is 5.53. The Balaban J connectivity index is 1.75. The summed E-state index contributed by atoms with van der Waals surface area (Å²) in [6.07, 6.45) is 6.70. The SMILES string of the molecule is CC(C)(C)OC(=O)N1CC[C@@H](OCCCCC(CCc2cccnc2Cl)N[S@@](=O)C(C)(C)C)C1. The molecule has 34 heavy (non-hydrogen) atoms. The number of hydrogen-bond acceptors (Lipinski definition) is 5. The van der Waals surface area contributed by atoms with Gasteiger partial charge in [-0.1, -0.05) is 17.7 Å². The van der Waals surface area contributed by atoms with Crippen molar-refractivity contribution in [2.24, 2.45) is 0 Å². The lowest BCUT2D eigenvalue weighted by Crippen LogP contribution is -2.40. The molecule has 194 valence electrons. The van der Waals surface area contributed by atoms with Gasteiger partial charge in [-0.05, 0) is 91.7 Å². The zero-order valence-corrected chi connectivity index (χ0v) is 23.1. The van der Waals surface area contributed by atoms with Gasteiger partial charge < -0.3 is 14.4 Å². The number of rotatable bonds is 11. The van der Waals surface area contributed by atoms with E-state index in [1.165, 1.54) is 0 Å². The average molecular weight is 516 g/mol. The number of ether oxygens (including phenoxy) is 2. The first-order valence-corrected chi connectivity index (χ1v) is 13.7. The van der Waals surface area contributed by atoms with Crippen molar-refractivity contribution < 1.29 is 18.5 Å². The van der Waals surface area contributed by atoms with Crippen LogP contribution in [0.5, 0.6) is 0 Å². The molecule has 1 aliphatic rings. The number of hydrogen-bond donors (Lipinski definition) is 1. The highest BCUT2D eigenvalue weighted by molar-refractivity contribution is 7.84. The summed E-state index contributed by atoms with van der Waals surface area (Å²) in [5, 5.41) is 0.531. The summed E-state index contributed by atoms with van der Waals surface area (Å²) in [6.45, 7) is 13.4. The van der Waals surface area contributed by atoms with E-state index >= 15 is 0 Å². The topological polar surface area (TPSA) is 80.8 Å². The Morgan fingerprint density at radius 3 is 2.65 bits per heavy atom. The van der Waals surface area contributed by atoms with Gasteiger partial charge in [-0.3, -0.25) is 0 Å². The Labute approximate surface area is 212 Å². The van der Waals surface area contributed by atoms with E-state index in [0.717, 1.165) is 44.1 Å². The quantitative estimate of drug-likeness (QED) is 0.320. The molecule has 1 fully saturated rings. The maximum absolute atomic E-state index is 12.7. The Morgan fingerprint density at radius 1 is 1.26 bits per heavy atom. The number of unbranched alkanes of at least 4 members (excludes halogenated alkanes) is 1. The predicted molar refractivity (Wildman–Crippen MR) is 138 cm³/mol. The van der Waals surface area contributed by atoms with E-state index in [2.05, 4.69) is 9.71 Å². The molecular formula is C25H42ClN3O4S. The monoisotopic (exact) mass is 515 g/mol. The van der Waals surface area contributed by atoms with Gasteiger partial charge in [0.15, 0.2) is 0 Å². The lowest BCUT2D eigenvalue weighted by Gasteiger charge is -2.25. The smallest absolute Gasteiger partial charge is 0.410 e. The number of carbonyl (C=O) groups is 1. The molecule has 1 unspecified atom stereocenters. The molecular weight excluding hydrogens is 474 g/mol. The summed E-state index contributed by atoms with van der Waals surface area (Å²) >= 11 is 6.21. The number of aryl methyl sites for hydroxylation is 1. The molecule has 1 aliphatic heterocycles. The Hall–Kier alpha value is -1.22. The fraction of sp³-hybridized carbons (Fsp3) is 0.760. The van der Waals surface area contributed by atoms with E-state index in [1.807, 2.05) is 53.7 Å².